The minimum atomic E-state index is -0.488. The highest BCUT2D eigenvalue weighted by Gasteiger charge is 2.15. The van der Waals surface area contributed by atoms with Gasteiger partial charge in [0.15, 0.2) is 10.2 Å². The number of fused-ring (bicyclic) bond motifs is 1. The van der Waals surface area contributed by atoms with Crippen molar-refractivity contribution in [2.75, 3.05) is 11.9 Å². The minimum Gasteiger partial charge on any atom is -0.462 e. The monoisotopic (exact) mass is 481 g/mol. The van der Waals surface area contributed by atoms with Gasteiger partial charge in [-0.15, -0.1) is 0 Å². The number of hydrogen-bond donors (Lipinski definition) is 2. The second-order valence-electron chi connectivity index (χ2n) is 6.20. The van der Waals surface area contributed by atoms with E-state index in [0.717, 1.165) is 17.5 Å². The number of anilines is 1. The molecule has 0 spiro atoms. The molecular weight excluding hydrogens is 465 g/mol. The molecule has 1 amide bonds. The number of benzene rings is 2. The highest BCUT2D eigenvalue weighted by atomic mass is 35.5. The van der Waals surface area contributed by atoms with Crippen LogP contribution in [0.4, 0.5) is 5.13 Å². The molecule has 2 aromatic carbocycles. The zero-order valence-corrected chi connectivity index (χ0v) is 19.0. The fourth-order valence-electron chi connectivity index (χ4n) is 2.48. The van der Waals surface area contributed by atoms with E-state index in [9.17, 15) is 9.59 Å². The molecule has 10 heteroatoms. The third-order valence-corrected chi connectivity index (χ3v) is 5.96. The fraction of sp³-hybridized carbons (Fsp3) is 0.200. The van der Waals surface area contributed by atoms with Gasteiger partial charge in [-0.3, -0.25) is 10.1 Å². The van der Waals surface area contributed by atoms with Gasteiger partial charge in [0.05, 0.1) is 38.0 Å². The number of ether oxygens (including phenoxy) is 1. The maximum atomic E-state index is 12.4. The van der Waals surface area contributed by atoms with Gasteiger partial charge in [0.2, 0.25) is 0 Å². The summed E-state index contributed by atoms with van der Waals surface area (Å²) in [5.74, 6) is -0.854. The van der Waals surface area contributed by atoms with Crippen LogP contribution in [0, 0.1) is 0 Å². The summed E-state index contributed by atoms with van der Waals surface area (Å²) in [5, 5.41) is 6.38. The van der Waals surface area contributed by atoms with Crippen LogP contribution < -0.4 is 10.6 Å². The van der Waals surface area contributed by atoms with Crippen molar-refractivity contribution in [2.24, 2.45) is 0 Å². The molecule has 0 fully saturated rings. The predicted molar refractivity (Wildman–Crippen MR) is 125 cm³/mol. The van der Waals surface area contributed by atoms with E-state index in [0.29, 0.717) is 22.8 Å². The molecule has 1 aromatic heterocycles. The standard InChI is InChI=1S/C20H17Cl2N3O3S2/c1-2-3-9-28-18(27)11-7-8-14-15(10-11)30-20(23-14)25-19(29)24-17(26)12-5-4-6-13(21)16(12)22/h4-8,10H,2-3,9H2,1H3,(H2,23,24,25,26,29). The van der Waals surface area contributed by atoms with Crippen molar-refractivity contribution in [3.05, 3.63) is 57.6 Å². The van der Waals surface area contributed by atoms with Crippen molar-refractivity contribution in [1.29, 1.82) is 0 Å². The predicted octanol–water partition coefficient (Wildman–Crippen LogP) is 5.69. The molecule has 0 aliphatic heterocycles. The van der Waals surface area contributed by atoms with Crippen LogP contribution in [0.15, 0.2) is 36.4 Å². The maximum absolute atomic E-state index is 12.4. The van der Waals surface area contributed by atoms with Crippen LogP contribution in [0.3, 0.4) is 0 Å². The second kappa shape index (κ2) is 10.2. The Labute approximate surface area is 192 Å². The number of hydrogen-bond acceptors (Lipinski definition) is 6. The summed E-state index contributed by atoms with van der Waals surface area (Å²) in [5.41, 5.74) is 1.36. The normalized spacial score (nSPS) is 10.6. The number of amides is 1. The van der Waals surface area contributed by atoms with Gasteiger partial charge >= 0.3 is 5.97 Å². The Morgan fingerprint density at radius 2 is 2.03 bits per heavy atom. The minimum absolute atomic E-state index is 0.0642. The first kappa shape index (κ1) is 22.4. The van der Waals surface area contributed by atoms with Gasteiger partial charge in [-0.1, -0.05) is 53.9 Å². The number of halogens is 2. The first-order valence-corrected chi connectivity index (χ1v) is 11.0. The summed E-state index contributed by atoms with van der Waals surface area (Å²) in [4.78, 5) is 28.9. The lowest BCUT2D eigenvalue weighted by Gasteiger charge is -2.08. The number of carbonyl (C=O) groups is 2. The second-order valence-corrected chi connectivity index (χ2v) is 8.42. The molecular formula is C20H17Cl2N3O3S2. The first-order valence-electron chi connectivity index (χ1n) is 9.03. The molecule has 1 heterocycles. The van der Waals surface area contributed by atoms with Crippen LogP contribution in [0.25, 0.3) is 10.2 Å². The van der Waals surface area contributed by atoms with Crippen LogP contribution in [0.2, 0.25) is 10.0 Å². The van der Waals surface area contributed by atoms with Crippen LogP contribution in [-0.4, -0.2) is 28.6 Å². The van der Waals surface area contributed by atoms with Gasteiger partial charge in [-0.2, -0.15) is 0 Å². The average molecular weight is 482 g/mol. The van der Waals surface area contributed by atoms with E-state index in [1.54, 1.807) is 36.4 Å². The molecule has 156 valence electrons. The summed E-state index contributed by atoms with van der Waals surface area (Å²) in [7, 11) is 0. The molecule has 0 aliphatic carbocycles. The van der Waals surface area contributed by atoms with Crippen molar-refractivity contribution < 1.29 is 14.3 Å². The summed E-state index contributed by atoms with van der Waals surface area (Å²) in [6, 6.07) is 9.89. The Kier molecular flexibility index (Phi) is 7.60. The van der Waals surface area contributed by atoms with E-state index < -0.39 is 5.91 Å². The third kappa shape index (κ3) is 5.46. The zero-order chi connectivity index (χ0) is 21.7. The van der Waals surface area contributed by atoms with Crippen molar-refractivity contribution in [1.82, 2.24) is 10.3 Å². The van der Waals surface area contributed by atoms with E-state index in [4.69, 9.17) is 40.2 Å². The highest BCUT2D eigenvalue weighted by molar-refractivity contribution is 7.80. The molecule has 0 saturated heterocycles. The number of aromatic nitrogens is 1. The number of thiocarbonyl (C=S) groups is 1. The Balaban J connectivity index is 1.66. The zero-order valence-electron chi connectivity index (χ0n) is 15.8. The molecule has 0 radical (unpaired) electrons. The molecule has 2 N–H and O–H groups in total. The molecule has 0 bridgehead atoms. The van der Waals surface area contributed by atoms with Crippen LogP contribution in [0.1, 0.15) is 40.5 Å². The molecule has 0 aliphatic rings. The van der Waals surface area contributed by atoms with Crippen molar-refractivity contribution in [2.45, 2.75) is 19.8 Å². The SMILES string of the molecule is CCCCOC(=O)c1ccc2nc(NC(=S)NC(=O)c3cccc(Cl)c3Cl)sc2c1. The lowest BCUT2D eigenvalue weighted by Crippen LogP contribution is -2.34. The number of rotatable bonds is 6. The molecule has 6 nitrogen and oxygen atoms in total. The number of carbonyl (C=O) groups excluding carboxylic acids is 2. The lowest BCUT2D eigenvalue weighted by atomic mass is 10.2. The first-order chi connectivity index (χ1) is 14.4. The van der Waals surface area contributed by atoms with Crippen LogP contribution >= 0.6 is 46.8 Å². The number of nitrogens with zero attached hydrogens (tertiary/aromatic N) is 1. The number of unbranched alkanes of at least 4 members (excludes halogenated alkanes) is 1. The quantitative estimate of drug-likeness (QED) is 0.267. The smallest absolute Gasteiger partial charge is 0.338 e. The Morgan fingerprint density at radius 3 is 2.80 bits per heavy atom. The summed E-state index contributed by atoms with van der Waals surface area (Å²) in [6.07, 6.45) is 1.78. The van der Waals surface area contributed by atoms with Crippen molar-refractivity contribution in [3.63, 3.8) is 0 Å². The lowest BCUT2D eigenvalue weighted by molar-refractivity contribution is 0.0500. The van der Waals surface area contributed by atoms with Gasteiger partial charge < -0.3 is 10.1 Å². The van der Waals surface area contributed by atoms with Gasteiger partial charge in [-0.25, -0.2) is 9.78 Å². The number of esters is 1. The molecule has 0 saturated carbocycles. The Hall–Kier alpha value is -2.26. The Bertz CT molecular complexity index is 1120. The highest BCUT2D eigenvalue weighted by Crippen LogP contribution is 2.28. The van der Waals surface area contributed by atoms with E-state index in [-0.39, 0.29) is 26.7 Å². The van der Waals surface area contributed by atoms with Gasteiger partial charge in [0.1, 0.15) is 0 Å². The van der Waals surface area contributed by atoms with E-state index in [1.165, 1.54) is 11.3 Å². The number of thiazole rings is 1. The molecule has 30 heavy (non-hydrogen) atoms. The summed E-state index contributed by atoms with van der Waals surface area (Å²) < 4.78 is 6.02. The van der Waals surface area contributed by atoms with Gasteiger partial charge in [0, 0.05) is 0 Å². The molecule has 3 aromatic rings. The molecule has 3 rings (SSSR count). The van der Waals surface area contributed by atoms with E-state index in [1.807, 2.05) is 6.92 Å². The van der Waals surface area contributed by atoms with Crippen molar-refractivity contribution in [3.8, 4) is 0 Å². The van der Waals surface area contributed by atoms with Crippen LogP contribution in [0.5, 0.6) is 0 Å². The molecule has 0 atom stereocenters. The van der Waals surface area contributed by atoms with E-state index in [2.05, 4.69) is 15.6 Å². The fourth-order valence-corrected chi connectivity index (χ4v) is 4.03. The summed E-state index contributed by atoms with van der Waals surface area (Å²) in [6.45, 7) is 2.43. The largest absolute Gasteiger partial charge is 0.462 e. The van der Waals surface area contributed by atoms with Gasteiger partial charge in [0.25, 0.3) is 5.91 Å². The van der Waals surface area contributed by atoms with E-state index >= 15 is 0 Å². The number of nitrogens with one attached hydrogen (secondary N) is 2. The Morgan fingerprint density at radius 1 is 1.23 bits per heavy atom. The summed E-state index contributed by atoms with van der Waals surface area (Å²) >= 11 is 18.5. The average Bonchev–Trinajstić information content (AvgIpc) is 3.11. The van der Waals surface area contributed by atoms with Gasteiger partial charge in [-0.05, 0) is 49.0 Å². The topological polar surface area (TPSA) is 80.3 Å². The molecule has 0 unspecified atom stereocenters. The maximum Gasteiger partial charge on any atom is 0.338 e. The van der Waals surface area contributed by atoms with Crippen LogP contribution in [-0.2, 0) is 4.74 Å². The third-order valence-electron chi connectivity index (χ3n) is 4.00. The van der Waals surface area contributed by atoms with Crippen molar-refractivity contribution >= 4 is 79.1 Å².